The van der Waals surface area contributed by atoms with E-state index in [9.17, 15) is 0 Å². The van der Waals surface area contributed by atoms with Crippen LogP contribution < -0.4 is 15.0 Å². The fraction of sp³-hybridized carbons (Fsp3) is 0.308. The molecule has 0 amide bonds. The van der Waals surface area contributed by atoms with E-state index < -0.39 is 0 Å². The number of rotatable bonds is 5. The van der Waals surface area contributed by atoms with Gasteiger partial charge in [0.05, 0.1) is 7.11 Å². The van der Waals surface area contributed by atoms with Gasteiger partial charge in [0.15, 0.2) is 0 Å². The fourth-order valence-corrected chi connectivity index (χ4v) is 1.80. The largest absolute Gasteiger partial charge is 0.496 e. The molecular formula is C13H16ClN5O. The molecule has 0 bridgehead atoms. The lowest BCUT2D eigenvalue weighted by molar-refractivity contribution is 0.410. The van der Waals surface area contributed by atoms with Crippen molar-refractivity contribution < 1.29 is 4.74 Å². The van der Waals surface area contributed by atoms with Crippen LogP contribution in [0.2, 0.25) is 5.28 Å². The lowest BCUT2D eigenvalue weighted by atomic mass is 10.2. The first-order chi connectivity index (χ1) is 9.60. The van der Waals surface area contributed by atoms with E-state index in [-0.39, 0.29) is 5.28 Å². The van der Waals surface area contributed by atoms with E-state index in [0.717, 1.165) is 11.3 Å². The molecule has 6 nitrogen and oxygen atoms in total. The van der Waals surface area contributed by atoms with E-state index in [1.54, 1.807) is 12.0 Å². The molecule has 7 heteroatoms. The van der Waals surface area contributed by atoms with Gasteiger partial charge in [-0.25, -0.2) is 0 Å². The van der Waals surface area contributed by atoms with E-state index in [0.29, 0.717) is 18.4 Å². The Hall–Kier alpha value is -2.08. The van der Waals surface area contributed by atoms with Crippen molar-refractivity contribution in [3.63, 3.8) is 0 Å². The first-order valence-electron chi connectivity index (χ1n) is 6.05. The molecule has 0 aliphatic heterocycles. The lowest BCUT2D eigenvalue weighted by Gasteiger charge is -2.12. The summed E-state index contributed by atoms with van der Waals surface area (Å²) in [5.41, 5.74) is 1.01. The minimum Gasteiger partial charge on any atom is -0.496 e. The van der Waals surface area contributed by atoms with Gasteiger partial charge in [0, 0.05) is 26.2 Å². The van der Waals surface area contributed by atoms with Crippen LogP contribution in [0, 0.1) is 0 Å². The normalized spacial score (nSPS) is 10.2. The van der Waals surface area contributed by atoms with E-state index in [4.69, 9.17) is 16.3 Å². The number of hydrogen-bond donors (Lipinski definition) is 1. The summed E-state index contributed by atoms with van der Waals surface area (Å²) in [5, 5.41) is 3.28. The van der Waals surface area contributed by atoms with Crippen LogP contribution in [-0.2, 0) is 6.54 Å². The maximum atomic E-state index is 5.88. The number of halogens is 1. The molecule has 0 fully saturated rings. The van der Waals surface area contributed by atoms with E-state index in [2.05, 4.69) is 20.3 Å². The highest BCUT2D eigenvalue weighted by Crippen LogP contribution is 2.19. The molecule has 1 aromatic carbocycles. The fourth-order valence-electron chi connectivity index (χ4n) is 1.64. The highest BCUT2D eigenvalue weighted by molar-refractivity contribution is 6.28. The van der Waals surface area contributed by atoms with E-state index in [1.807, 2.05) is 38.4 Å². The number of ether oxygens (including phenoxy) is 1. The van der Waals surface area contributed by atoms with Crippen LogP contribution in [0.1, 0.15) is 5.56 Å². The quantitative estimate of drug-likeness (QED) is 0.912. The highest BCUT2D eigenvalue weighted by atomic mass is 35.5. The molecule has 2 aromatic rings. The van der Waals surface area contributed by atoms with Gasteiger partial charge < -0.3 is 15.0 Å². The number of aromatic nitrogens is 3. The first kappa shape index (κ1) is 14.3. The zero-order valence-corrected chi connectivity index (χ0v) is 12.3. The summed E-state index contributed by atoms with van der Waals surface area (Å²) in [4.78, 5) is 14.1. The van der Waals surface area contributed by atoms with Gasteiger partial charge in [0.1, 0.15) is 5.75 Å². The zero-order valence-electron chi connectivity index (χ0n) is 11.6. The number of nitrogens with zero attached hydrogens (tertiary/aromatic N) is 4. The Morgan fingerprint density at radius 3 is 2.65 bits per heavy atom. The molecule has 0 spiro atoms. The average molecular weight is 294 g/mol. The third-order valence-electron chi connectivity index (χ3n) is 2.63. The van der Waals surface area contributed by atoms with Crippen LogP contribution in [0.5, 0.6) is 5.75 Å². The van der Waals surface area contributed by atoms with Gasteiger partial charge in [0.25, 0.3) is 0 Å². The van der Waals surface area contributed by atoms with Crippen LogP contribution in [0.25, 0.3) is 0 Å². The van der Waals surface area contributed by atoms with E-state index >= 15 is 0 Å². The average Bonchev–Trinajstić information content (AvgIpc) is 2.44. The van der Waals surface area contributed by atoms with Crippen molar-refractivity contribution in [2.45, 2.75) is 6.54 Å². The van der Waals surface area contributed by atoms with Gasteiger partial charge in [-0.3, -0.25) is 0 Å². The number of methoxy groups -OCH3 is 1. The molecule has 20 heavy (non-hydrogen) atoms. The topological polar surface area (TPSA) is 63.2 Å². The summed E-state index contributed by atoms with van der Waals surface area (Å²) < 4.78 is 5.29. The first-order valence-corrected chi connectivity index (χ1v) is 6.42. The van der Waals surface area contributed by atoms with Crippen LogP contribution >= 0.6 is 11.6 Å². The summed E-state index contributed by atoms with van der Waals surface area (Å²) >= 11 is 5.88. The second-order valence-electron chi connectivity index (χ2n) is 4.29. The van der Waals surface area contributed by atoms with Gasteiger partial charge in [-0.1, -0.05) is 18.2 Å². The lowest BCUT2D eigenvalue weighted by Crippen LogP contribution is -2.15. The van der Waals surface area contributed by atoms with Crippen molar-refractivity contribution in [2.75, 3.05) is 31.4 Å². The van der Waals surface area contributed by atoms with Crippen molar-refractivity contribution in [1.29, 1.82) is 0 Å². The molecule has 1 heterocycles. The van der Waals surface area contributed by atoms with Gasteiger partial charge in [0.2, 0.25) is 17.2 Å². The molecule has 2 rings (SSSR count). The van der Waals surface area contributed by atoms with Gasteiger partial charge in [-0.05, 0) is 17.7 Å². The van der Waals surface area contributed by atoms with Crippen LogP contribution in [0.15, 0.2) is 24.3 Å². The second-order valence-corrected chi connectivity index (χ2v) is 4.63. The Labute approximate surface area is 122 Å². The molecule has 0 unspecified atom stereocenters. The Bertz CT molecular complexity index is 591. The minimum absolute atomic E-state index is 0.159. The van der Waals surface area contributed by atoms with Crippen LogP contribution in [0.3, 0.4) is 0 Å². The smallest absolute Gasteiger partial charge is 0.230 e. The molecule has 0 aliphatic carbocycles. The molecule has 0 radical (unpaired) electrons. The summed E-state index contributed by atoms with van der Waals surface area (Å²) in [6.07, 6.45) is 0. The number of para-hydroxylation sites is 1. The Balaban J connectivity index is 2.14. The SMILES string of the molecule is COc1ccccc1CNc1nc(Cl)nc(N(C)C)n1. The number of benzene rings is 1. The van der Waals surface area contributed by atoms with Crippen molar-refractivity contribution in [1.82, 2.24) is 15.0 Å². The van der Waals surface area contributed by atoms with Gasteiger partial charge in [-0.15, -0.1) is 0 Å². The standard InChI is InChI=1S/C13H16ClN5O/c1-19(2)13-17-11(14)16-12(18-13)15-8-9-6-4-5-7-10(9)20-3/h4-7H,8H2,1-3H3,(H,15,16,17,18). The highest BCUT2D eigenvalue weighted by Gasteiger charge is 2.07. The van der Waals surface area contributed by atoms with Crippen LogP contribution in [-0.4, -0.2) is 36.2 Å². The molecule has 1 N–H and O–H groups in total. The molecule has 1 aromatic heterocycles. The maximum Gasteiger partial charge on any atom is 0.230 e. The van der Waals surface area contributed by atoms with Crippen molar-refractivity contribution in [2.24, 2.45) is 0 Å². The van der Waals surface area contributed by atoms with Gasteiger partial charge in [-0.2, -0.15) is 15.0 Å². The summed E-state index contributed by atoms with van der Waals surface area (Å²) in [6.45, 7) is 0.539. The van der Waals surface area contributed by atoms with Crippen LogP contribution in [0.4, 0.5) is 11.9 Å². The third kappa shape index (κ3) is 3.48. The van der Waals surface area contributed by atoms with Gasteiger partial charge >= 0.3 is 0 Å². The predicted molar refractivity (Wildman–Crippen MR) is 79.5 cm³/mol. The molecule has 0 aliphatic rings. The van der Waals surface area contributed by atoms with Crippen molar-refractivity contribution in [3.8, 4) is 5.75 Å². The van der Waals surface area contributed by atoms with Crippen molar-refractivity contribution in [3.05, 3.63) is 35.1 Å². The molecule has 0 saturated carbocycles. The number of nitrogens with one attached hydrogen (secondary N) is 1. The predicted octanol–water partition coefficient (Wildman–Crippen LogP) is 2.21. The number of hydrogen-bond acceptors (Lipinski definition) is 6. The summed E-state index contributed by atoms with van der Waals surface area (Å²) in [6, 6.07) is 7.75. The Morgan fingerprint density at radius 2 is 1.95 bits per heavy atom. The van der Waals surface area contributed by atoms with Crippen molar-refractivity contribution >= 4 is 23.5 Å². The maximum absolute atomic E-state index is 5.88. The minimum atomic E-state index is 0.159. The summed E-state index contributed by atoms with van der Waals surface area (Å²) in [7, 11) is 5.33. The summed E-state index contributed by atoms with van der Waals surface area (Å²) in [5.74, 6) is 1.75. The third-order valence-corrected chi connectivity index (χ3v) is 2.79. The monoisotopic (exact) mass is 293 g/mol. The number of anilines is 2. The second kappa shape index (κ2) is 6.38. The Morgan fingerprint density at radius 1 is 1.20 bits per heavy atom. The Kier molecular flexibility index (Phi) is 4.57. The molecule has 106 valence electrons. The van der Waals surface area contributed by atoms with E-state index in [1.165, 1.54) is 0 Å². The zero-order chi connectivity index (χ0) is 14.5. The molecular weight excluding hydrogens is 278 g/mol. The molecule has 0 saturated heterocycles. The molecule has 0 atom stereocenters.